The van der Waals surface area contributed by atoms with E-state index >= 15 is 0 Å². The number of hydrogen-bond acceptors (Lipinski definition) is 6. The van der Waals surface area contributed by atoms with Crippen LogP contribution >= 0.6 is 0 Å². The highest BCUT2D eigenvalue weighted by atomic mass is 32.2. The average Bonchev–Trinajstić information content (AvgIpc) is 3.31. The monoisotopic (exact) mass is 489 g/mol. The number of fused-ring (bicyclic) bond motifs is 1. The number of nitrogens with zero attached hydrogens (tertiary/aromatic N) is 2. The second-order valence-electron chi connectivity index (χ2n) is 8.90. The molecule has 0 aliphatic carbocycles. The fraction of sp³-hybridized carbons (Fsp3) is 0.500. The molecule has 3 aliphatic heterocycles. The summed E-state index contributed by atoms with van der Waals surface area (Å²) in [6.45, 7) is 1.58. The van der Waals surface area contributed by atoms with Crippen LogP contribution in [0.25, 0.3) is 0 Å². The number of piperidine rings is 1. The van der Waals surface area contributed by atoms with Gasteiger partial charge in [0.05, 0.1) is 0 Å². The molecular weight excluding hydrogens is 458 g/mol. The molecule has 2 fully saturated rings. The highest BCUT2D eigenvalue weighted by molar-refractivity contribution is 7.91. The van der Waals surface area contributed by atoms with Gasteiger partial charge in [0.1, 0.15) is 0 Å². The number of amides is 2. The largest absolute Gasteiger partial charge is 0.381 e. The van der Waals surface area contributed by atoms with E-state index in [1.54, 1.807) is 22.5 Å². The van der Waals surface area contributed by atoms with Crippen LogP contribution in [-0.2, 0) is 30.8 Å². The van der Waals surface area contributed by atoms with Crippen LogP contribution in [0.2, 0.25) is 0 Å². The molecule has 2 amide bonds. The summed E-state index contributed by atoms with van der Waals surface area (Å²) in [6.07, 6.45) is 9.25. The van der Waals surface area contributed by atoms with Crippen molar-refractivity contribution in [2.45, 2.75) is 36.9 Å². The normalized spacial score (nSPS) is 21.7. The van der Waals surface area contributed by atoms with E-state index in [4.69, 9.17) is 9.94 Å². The van der Waals surface area contributed by atoms with Crippen LogP contribution in [-0.4, -0.2) is 67.3 Å². The zero-order valence-corrected chi connectivity index (χ0v) is 19.9. The quantitative estimate of drug-likeness (QED) is 0.272. The lowest BCUT2D eigenvalue weighted by atomic mass is 9.97. The van der Waals surface area contributed by atoms with Gasteiger partial charge in [0, 0.05) is 57.5 Å². The number of allylic oxidation sites excluding steroid dienone is 3. The first-order valence-electron chi connectivity index (χ1n) is 11.7. The molecule has 0 bridgehead atoms. The van der Waals surface area contributed by atoms with Crippen molar-refractivity contribution in [2.75, 3.05) is 37.7 Å². The SMILES string of the molecule is O=C(C=CC=CC1CCN(S(=O)(=O)C2(C(=O)NO)CCOCC2)CC1)N1CCc2ccccc21. The Labute approximate surface area is 200 Å². The molecule has 1 aromatic rings. The summed E-state index contributed by atoms with van der Waals surface area (Å²) in [5, 5.41) is 9.17. The Hall–Kier alpha value is -2.53. The van der Waals surface area contributed by atoms with Gasteiger partial charge in [-0.25, -0.2) is 18.2 Å². The van der Waals surface area contributed by atoms with Gasteiger partial charge in [0.25, 0.3) is 11.8 Å². The molecule has 10 heteroatoms. The molecule has 0 atom stereocenters. The number of benzene rings is 1. The molecule has 0 spiro atoms. The van der Waals surface area contributed by atoms with Gasteiger partial charge in [-0.1, -0.05) is 36.4 Å². The van der Waals surface area contributed by atoms with Crippen molar-refractivity contribution in [1.82, 2.24) is 9.79 Å². The maximum absolute atomic E-state index is 13.3. The highest BCUT2D eigenvalue weighted by Crippen LogP contribution is 2.35. The van der Waals surface area contributed by atoms with Crippen LogP contribution in [0.15, 0.2) is 48.6 Å². The topological polar surface area (TPSA) is 116 Å². The summed E-state index contributed by atoms with van der Waals surface area (Å²) in [6, 6.07) is 7.91. The van der Waals surface area contributed by atoms with Crippen molar-refractivity contribution < 1.29 is 28.0 Å². The van der Waals surface area contributed by atoms with Crippen molar-refractivity contribution in [3.05, 3.63) is 54.1 Å². The number of anilines is 1. The maximum Gasteiger partial charge on any atom is 0.266 e. The third kappa shape index (κ3) is 4.68. The lowest BCUT2D eigenvalue weighted by molar-refractivity contribution is -0.134. The van der Waals surface area contributed by atoms with E-state index in [1.165, 1.54) is 9.87 Å². The second kappa shape index (κ2) is 10.4. The van der Waals surface area contributed by atoms with Crippen molar-refractivity contribution >= 4 is 27.5 Å². The fourth-order valence-electron chi connectivity index (χ4n) is 4.98. The molecule has 2 N–H and O–H groups in total. The molecular formula is C24H31N3O6S. The number of ether oxygens (including phenoxy) is 1. The predicted molar refractivity (Wildman–Crippen MR) is 127 cm³/mol. The van der Waals surface area contributed by atoms with Crippen molar-refractivity contribution in [3.8, 4) is 0 Å². The minimum absolute atomic E-state index is 0.0157. The molecule has 1 aromatic carbocycles. The first-order valence-corrected chi connectivity index (χ1v) is 13.1. The number of nitrogens with one attached hydrogen (secondary N) is 1. The molecule has 0 saturated carbocycles. The van der Waals surface area contributed by atoms with Gasteiger partial charge < -0.3 is 9.64 Å². The Morgan fingerprint density at radius 3 is 2.50 bits per heavy atom. The van der Waals surface area contributed by atoms with Gasteiger partial charge in [0.15, 0.2) is 4.75 Å². The number of hydroxylamine groups is 1. The summed E-state index contributed by atoms with van der Waals surface area (Å²) < 4.78 is 31.6. The second-order valence-corrected chi connectivity index (χ2v) is 11.1. The molecule has 3 heterocycles. The summed E-state index contributed by atoms with van der Waals surface area (Å²) in [7, 11) is -3.96. The van der Waals surface area contributed by atoms with Crippen LogP contribution < -0.4 is 10.4 Å². The number of carbonyl (C=O) groups is 2. The lowest BCUT2D eigenvalue weighted by Gasteiger charge is -2.40. The van der Waals surface area contributed by atoms with E-state index in [0.717, 1.165) is 12.1 Å². The average molecular weight is 490 g/mol. The van der Waals surface area contributed by atoms with Crippen molar-refractivity contribution in [2.24, 2.45) is 5.92 Å². The first kappa shape index (κ1) is 24.6. The van der Waals surface area contributed by atoms with Crippen LogP contribution in [0.4, 0.5) is 5.69 Å². The zero-order valence-electron chi connectivity index (χ0n) is 19.1. The summed E-state index contributed by atoms with van der Waals surface area (Å²) >= 11 is 0. The smallest absolute Gasteiger partial charge is 0.266 e. The summed E-state index contributed by atoms with van der Waals surface area (Å²) in [4.78, 5) is 26.7. The Kier molecular flexibility index (Phi) is 7.51. The molecule has 4 rings (SSSR count). The molecule has 9 nitrogen and oxygen atoms in total. The Morgan fingerprint density at radius 1 is 1.09 bits per heavy atom. The van der Waals surface area contributed by atoms with Crippen LogP contribution in [0.3, 0.4) is 0 Å². The Morgan fingerprint density at radius 2 is 1.79 bits per heavy atom. The van der Waals surface area contributed by atoms with Gasteiger partial charge in [-0.2, -0.15) is 0 Å². The number of hydrogen-bond donors (Lipinski definition) is 2. The zero-order chi connectivity index (χ0) is 24.2. The molecule has 34 heavy (non-hydrogen) atoms. The molecule has 2 saturated heterocycles. The fourth-order valence-corrected chi connectivity index (χ4v) is 7.13. The van der Waals surface area contributed by atoms with Gasteiger partial charge in [-0.3, -0.25) is 14.8 Å². The van der Waals surface area contributed by atoms with E-state index in [9.17, 15) is 18.0 Å². The van der Waals surface area contributed by atoms with E-state index in [2.05, 4.69) is 0 Å². The minimum Gasteiger partial charge on any atom is -0.381 e. The lowest BCUT2D eigenvalue weighted by Crippen LogP contribution is -2.60. The van der Waals surface area contributed by atoms with E-state index < -0.39 is 20.7 Å². The summed E-state index contributed by atoms with van der Waals surface area (Å²) in [5.74, 6) is -0.774. The van der Waals surface area contributed by atoms with Gasteiger partial charge >= 0.3 is 0 Å². The molecule has 3 aliphatic rings. The van der Waals surface area contributed by atoms with Crippen LogP contribution in [0.5, 0.6) is 0 Å². The third-order valence-electron chi connectivity index (χ3n) is 7.03. The predicted octanol–water partition coefficient (Wildman–Crippen LogP) is 1.78. The van der Waals surface area contributed by atoms with E-state index in [0.29, 0.717) is 32.5 Å². The molecule has 0 unspecified atom stereocenters. The molecule has 184 valence electrons. The van der Waals surface area contributed by atoms with Gasteiger partial charge in [-0.05, 0) is 36.8 Å². The van der Waals surface area contributed by atoms with Crippen molar-refractivity contribution in [1.29, 1.82) is 0 Å². The van der Waals surface area contributed by atoms with Crippen LogP contribution in [0, 0.1) is 5.92 Å². The van der Waals surface area contributed by atoms with Gasteiger partial charge in [-0.15, -0.1) is 0 Å². The standard InChI is InChI=1S/C24H31N3O6S/c28-22(27-16-11-20-6-2-3-7-21(20)27)8-4-1-5-19-9-14-26(15-10-19)34(31,32)24(23(29)25-30)12-17-33-18-13-24/h1-8,19,30H,9-18H2,(H,25,29). The van der Waals surface area contributed by atoms with E-state index in [-0.39, 0.29) is 37.9 Å². The number of sulfonamides is 1. The van der Waals surface area contributed by atoms with Gasteiger partial charge in [0.2, 0.25) is 10.0 Å². The minimum atomic E-state index is -3.96. The Bertz CT molecular complexity index is 1070. The van der Waals surface area contributed by atoms with Crippen molar-refractivity contribution in [3.63, 3.8) is 0 Å². The summed E-state index contributed by atoms with van der Waals surface area (Å²) in [5.41, 5.74) is 3.69. The van der Waals surface area contributed by atoms with E-state index in [1.807, 2.05) is 36.4 Å². The third-order valence-corrected chi connectivity index (χ3v) is 9.66. The first-order chi connectivity index (χ1) is 16.4. The number of carbonyl (C=O) groups excluding carboxylic acids is 2. The molecule has 0 radical (unpaired) electrons. The Balaban J connectivity index is 1.32. The number of para-hydroxylation sites is 1. The number of rotatable bonds is 6. The highest BCUT2D eigenvalue weighted by Gasteiger charge is 2.54. The van der Waals surface area contributed by atoms with Crippen LogP contribution in [0.1, 0.15) is 31.2 Å². The maximum atomic E-state index is 13.3. The molecule has 0 aromatic heterocycles.